The fourth-order valence-electron chi connectivity index (χ4n) is 3.92. The molecule has 2 N–H and O–H groups in total. The molecule has 0 radical (unpaired) electrons. The van der Waals surface area contributed by atoms with Crippen LogP contribution in [-0.4, -0.2) is 49.5 Å². The summed E-state index contributed by atoms with van der Waals surface area (Å²) >= 11 is 1.67. The number of hydrogen-bond acceptors (Lipinski definition) is 7. The van der Waals surface area contributed by atoms with E-state index in [1.165, 1.54) is 10.4 Å². The minimum atomic E-state index is 0.0510. The topological polar surface area (TPSA) is 99.7 Å². The van der Waals surface area contributed by atoms with Crippen molar-refractivity contribution in [2.45, 2.75) is 26.2 Å². The summed E-state index contributed by atoms with van der Waals surface area (Å²) < 4.78 is 0. The first-order chi connectivity index (χ1) is 14.1. The minimum Gasteiger partial charge on any atom is -0.346 e. The van der Waals surface area contributed by atoms with Crippen molar-refractivity contribution in [3.63, 3.8) is 0 Å². The molecule has 9 heteroatoms. The molecule has 0 bridgehead atoms. The molecule has 4 aromatic rings. The van der Waals surface area contributed by atoms with Crippen molar-refractivity contribution < 1.29 is 4.79 Å². The summed E-state index contributed by atoms with van der Waals surface area (Å²) in [5, 5.41) is 12.3. The molecule has 1 amide bonds. The number of aromatic amines is 1. The first kappa shape index (κ1) is 18.0. The summed E-state index contributed by atoms with van der Waals surface area (Å²) in [4.78, 5) is 30.1. The second-order valence-electron chi connectivity index (χ2n) is 7.35. The lowest BCUT2D eigenvalue weighted by molar-refractivity contribution is -0.134. The predicted octanol–water partition coefficient (Wildman–Crippen LogP) is 3.29. The molecule has 5 rings (SSSR count). The SMILES string of the molecule is CCN(C)C(=O)[C@H]1CCc2c(sc3ncnc(Nc4cc5cn[nH]c5cn4)c23)C1. The third-order valence-corrected chi connectivity index (χ3v) is 6.78. The predicted molar refractivity (Wildman–Crippen MR) is 113 cm³/mol. The van der Waals surface area contributed by atoms with Crippen molar-refractivity contribution in [1.29, 1.82) is 0 Å². The molecule has 0 unspecified atom stereocenters. The van der Waals surface area contributed by atoms with Gasteiger partial charge in [-0.25, -0.2) is 15.0 Å². The zero-order valence-corrected chi connectivity index (χ0v) is 17.1. The fraction of sp³-hybridized carbons (Fsp3) is 0.350. The summed E-state index contributed by atoms with van der Waals surface area (Å²) in [7, 11) is 1.88. The van der Waals surface area contributed by atoms with Crippen molar-refractivity contribution in [2.24, 2.45) is 5.92 Å². The van der Waals surface area contributed by atoms with Crippen LogP contribution in [0.25, 0.3) is 21.1 Å². The average molecular weight is 408 g/mol. The van der Waals surface area contributed by atoms with Gasteiger partial charge in [-0.2, -0.15) is 5.10 Å². The number of amides is 1. The van der Waals surface area contributed by atoms with E-state index in [0.29, 0.717) is 5.82 Å². The van der Waals surface area contributed by atoms with Crippen LogP contribution in [0.3, 0.4) is 0 Å². The molecule has 8 nitrogen and oxygen atoms in total. The number of carbonyl (C=O) groups excluding carboxylic acids is 1. The number of carbonyl (C=O) groups is 1. The molecule has 1 atom stereocenters. The minimum absolute atomic E-state index is 0.0510. The molecule has 0 aromatic carbocycles. The Kier molecular flexibility index (Phi) is 4.39. The van der Waals surface area contributed by atoms with E-state index in [4.69, 9.17) is 0 Å². The molecule has 4 heterocycles. The van der Waals surface area contributed by atoms with E-state index >= 15 is 0 Å². The Morgan fingerprint density at radius 3 is 3.10 bits per heavy atom. The number of fused-ring (bicyclic) bond motifs is 4. The quantitative estimate of drug-likeness (QED) is 0.538. The zero-order chi connectivity index (χ0) is 20.0. The van der Waals surface area contributed by atoms with Gasteiger partial charge in [0.25, 0.3) is 0 Å². The Bertz CT molecular complexity index is 1210. The van der Waals surface area contributed by atoms with Gasteiger partial charge < -0.3 is 10.2 Å². The average Bonchev–Trinajstić information content (AvgIpc) is 3.36. The van der Waals surface area contributed by atoms with E-state index in [-0.39, 0.29) is 11.8 Å². The van der Waals surface area contributed by atoms with Crippen LogP contribution in [0.15, 0.2) is 24.8 Å². The van der Waals surface area contributed by atoms with Crippen molar-refractivity contribution in [1.82, 2.24) is 30.0 Å². The normalized spacial score (nSPS) is 16.1. The van der Waals surface area contributed by atoms with E-state index in [9.17, 15) is 4.79 Å². The molecule has 0 saturated heterocycles. The van der Waals surface area contributed by atoms with Gasteiger partial charge in [0.15, 0.2) is 0 Å². The number of pyridine rings is 1. The Balaban J connectivity index is 1.49. The van der Waals surface area contributed by atoms with Gasteiger partial charge in [-0.1, -0.05) is 0 Å². The van der Waals surface area contributed by atoms with E-state index in [1.807, 2.05) is 24.9 Å². The Hall–Kier alpha value is -3.07. The van der Waals surface area contributed by atoms with Crippen molar-refractivity contribution in [2.75, 3.05) is 18.9 Å². The number of thiophene rings is 1. The van der Waals surface area contributed by atoms with Crippen LogP contribution in [0.1, 0.15) is 23.8 Å². The van der Waals surface area contributed by atoms with Gasteiger partial charge in [-0.05, 0) is 37.8 Å². The molecule has 1 aliphatic rings. The standard InChI is InChI=1S/C20H21N7OS/c1-3-27(2)20(28)11-4-5-13-15(6-11)29-19-17(13)18(22-10-23-19)25-16-7-12-8-24-26-14(12)9-21-16/h7-11H,3-6H2,1-2H3,(H,24,26)(H,21,22,23,25)/t11-/m0/s1. The van der Waals surface area contributed by atoms with E-state index in [2.05, 4.69) is 30.5 Å². The first-order valence-corrected chi connectivity index (χ1v) is 10.5. The molecule has 148 valence electrons. The van der Waals surface area contributed by atoms with Crippen LogP contribution in [0, 0.1) is 5.92 Å². The number of H-pyrrole nitrogens is 1. The molecular weight excluding hydrogens is 386 g/mol. The molecule has 0 aliphatic heterocycles. The third kappa shape index (κ3) is 3.11. The number of aromatic nitrogens is 5. The number of anilines is 2. The first-order valence-electron chi connectivity index (χ1n) is 9.70. The number of rotatable bonds is 4. The zero-order valence-electron chi connectivity index (χ0n) is 16.3. The highest BCUT2D eigenvalue weighted by molar-refractivity contribution is 7.19. The molecule has 0 spiro atoms. The lowest BCUT2D eigenvalue weighted by atomic mass is 9.87. The highest BCUT2D eigenvalue weighted by atomic mass is 32.1. The van der Waals surface area contributed by atoms with Gasteiger partial charge in [0.1, 0.15) is 22.8 Å². The van der Waals surface area contributed by atoms with Crippen LogP contribution < -0.4 is 5.32 Å². The van der Waals surface area contributed by atoms with Crippen molar-refractivity contribution in [3.05, 3.63) is 35.2 Å². The number of nitrogens with one attached hydrogen (secondary N) is 2. The number of nitrogens with zero attached hydrogens (tertiary/aromatic N) is 5. The maximum Gasteiger partial charge on any atom is 0.225 e. The molecule has 1 aliphatic carbocycles. The lowest BCUT2D eigenvalue weighted by Gasteiger charge is -2.26. The Labute approximate surface area is 171 Å². The van der Waals surface area contributed by atoms with E-state index in [1.54, 1.807) is 30.1 Å². The molecule has 0 saturated carbocycles. The third-order valence-electron chi connectivity index (χ3n) is 5.62. The van der Waals surface area contributed by atoms with Gasteiger partial charge in [0.2, 0.25) is 5.91 Å². The van der Waals surface area contributed by atoms with Crippen LogP contribution >= 0.6 is 11.3 Å². The Morgan fingerprint density at radius 1 is 1.34 bits per heavy atom. The summed E-state index contributed by atoms with van der Waals surface area (Å²) in [6.45, 7) is 2.75. The summed E-state index contributed by atoms with van der Waals surface area (Å²) in [5.74, 6) is 1.76. The number of hydrogen-bond donors (Lipinski definition) is 2. The van der Waals surface area contributed by atoms with Gasteiger partial charge in [-0.15, -0.1) is 11.3 Å². The van der Waals surface area contributed by atoms with Crippen molar-refractivity contribution >= 4 is 50.0 Å². The molecule has 4 aromatic heterocycles. The second kappa shape index (κ2) is 7.07. The van der Waals surface area contributed by atoms with Gasteiger partial charge >= 0.3 is 0 Å². The van der Waals surface area contributed by atoms with Crippen LogP contribution in [0.5, 0.6) is 0 Å². The van der Waals surface area contributed by atoms with Crippen LogP contribution in [0.2, 0.25) is 0 Å². The summed E-state index contributed by atoms with van der Waals surface area (Å²) in [6, 6.07) is 1.95. The highest BCUT2D eigenvalue weighted by Gasteiger charge is 2.30. The highest BCUT2D eigenvalue weighted by Crippen LogP contribution is 2.40. The maximum atomic E-state index is 12.6. The summed E-state index contributed by atoms with van der Waals surface area (Å²) in [5.41, 5.74) is 2.16. The summed E-state index contributed by atoms with van der Waals surface area (Å²) in [6.07, 6.45) is 7.60. The van der Waals surface area contributed by atoms with Crippen molar-refractivity contribution in [3.8, 4) is 0 Å². The Morgan fingerprint density at radius 2 is 2.24 bits per heavy atom. The molecular formula is C20H21N7OS. The smallest absolute Gasteiger partial charge is 0.225 e. The van der Waals surface area contributed by atoms with E-state index < -0.39 is 0 Å². The largest absolute Gasteiger partial charge is 0.346 e. The second-order valence-corrected chi connectivity index (χ2v) is 8.43. The number of aryl methyl sites for hydroxylation is 1. The molecule has 29 heavy (non-hydrogen) atoms. The lowest BCUT2D eigenvalue weighted by Crippen LogP contribution is -2.35. The monoisotopic (exact) mass is 407 g/mol. The van der Waals surface area contributed by atoms with E-state index in [0.717, 1.165) is 52.7 Å². The molecule has 0 fully saturated rings. The van der Waals surface area contributed by atoms with Crippen LogP contribution in [0.4, 0.5) is 11.6 Å². The van der Waals surface area contributed by atoms with Gasteiger partial charge in [0.05, 0.1) is 23.3 Å². The maximum absolute atomic E-state index is 12.6. The van der Waals surface area contributed by atoms with Crippen LogP contribution in [-0.2, 0) is 17.6 Å². The fourth-order valence-corrected chi connectivity index (χ4v) is 5.18. The van der Waals surface area contributed by atoms with Gasteiger partial charge in [0, 0.05) is 29.8 Å². The van der Waals surface area contributed by atoms with Gasteiger partial charge in [-0.3, -0.25) is 9.89 Å².